The molecular formula is C15H17ClSSi. The highest BCUT2D eigenvalue weighted by molar-refractivity contribution is 7.24. The van der Waals surface area contributed by atoms with Gasteiger partial charge in [-0.15, -0.1) is 11.3 Å². The molecule has 1 atom stereocenters. The van der Waals surface area contributed by atoms with Crippen LogP contribution >= 0.6 is 22.4 Å². The molecular weight excluding hydrogens is 276 g/mol. The number of hydrogen-bond donors (Lipinski definition) is 0. The Balaban J connectivity index is 2.35. The smallest absolute Gasteiger partial charge is 0.162 e. The van der Waals surface area contributed by atoms with Gasteiger partial charge in [0.1, 0.15) is 0 Å². The van der Waals surface area contributed by atoms with E-state index < -0.39 is 7.38 Å². The van der Waals surface area contributed by atoms with E-state index in [1.807, 2.05) is 11.3 Å². The highest BCUT2D eigenvalue weighted by Crippen LogP contribution is 2.53. The van der Waals surface area contributed by atoms with E-state index in [1.54, 1.807) is 0 Å². The lowest BCUT2D eigenvalue weighted by Crippen LogP contribution is -2.27. The molecule has 0 amide bonds. The molecule has 0 nitrogen and oxygen atoms in total. The van der Waals surface area contributed by atoms with Crippen LogP contribution in [0.15, 0.2) is 29.8 Å². The van der Waals surface area contributed by atoms with E-state index in [0.717, 1.165) is 0 Å². The molecule has 0 bridgehead atoms. The minimum atomic E-state index is -1.72. The molecule has 2 aromatic rings. The predicted molar refractivity (Wildman–Crippen MR) is 86.2 cm³/mol. The molecule has 0 radical (unpaired) electrons. The zero-order chi connectivity index (χ0) is 13.1. The monoisotopic (exact) mass is 292 g/mol. The maximum absolute atomic E-state index is 6.77. The Hall–Kier alpha value is -0.573. The summed E-state index contributed by atoms with van der Waals surface area (Å²) in [6.45, 7) is 9.04. The summed E-state index contributed by atoms with van der Waals surface area (Å²) in [5.74, 6) is 0. The summed E-state index contributed by atoms with van der Waals surface area (Å²) in [5.41, 5.74) is 4.91. The van der Waals surface area contributed by atoms with E-state index >= 15 is 0 Å². The maximum Gasteiger partial charge on any atom is 0.162 e. The lowest BCUT2D eigenvalue weighted by atomic mass is 10.1. The summed E-state index contributed by atoms with van der Waals surface area (Å²) in [6, 6.07) is 8.72. The van der Waals surface area contributed by atoms with Crippen LogP contribution in [0, 0.1) is 0 Å². The van der Waals surface area contributed by atoms with Crippen molar-refractivity contribution in [2.75, 3.05) is 0 Å². The molecule has 0 saturated carbocycles. The average molecular weight is 293 g/mol. The van der Waals surface area contributed by atoms with Crippen molar-refractivity contribution in [1.82, 2.24) is 0 Å². The Morgan fingerprint density at radius 2 is 1.83 bits per heavy atom. The summed E-state index contributed by atoms with van der Waals surface area (Å²) < 4.78 is 1.40. The zero-order valence-corrected chi connectivity index (χ0v) is 13.7. The molecule has 3 heteroatoms. The van der Waals surface area contributed by atoms with Crippen LogP contribution in [-0.2, 0) is 0 Å². The highest BCUT2D eigenvalue weighted by Gasteiger charge is 2.40. The normalized spacial score (nSPS) is 19.7. The molecule has 3 rings (SSSR count). The van der Waals surface area contributed by atoms with Crippen molar-refractivity contribution in [1.29, 1.82) is 0 Å². The van der Waals surface area contributed by atoms with Gasteiger partial charge in [-0.3, -0.25) is 0 Å². The zero-order valence-electron chi connectivity index (χ0n) is 11.2. The SMILES string of the molecule is CC1=C(C)C([Si](C)(C)Cl)c2sc3ccccc3c21. The van der Waals surface area contributed by atoms with Gasteiger partial charge in [0.25, 0.3) is 0 Å². The minimum Gasteiger partial charge on any atom is -0.167 e. The second-order valence-corrected chi connectivity index (χ2v) is 13.4. The fourth-order valence-corrected chi connectivity index (χ4v) is 8.50. The first kappa shape index (κ1) is 12.5. The van der Waals surface area contributed by atoms with Crippen LogP contribution in [0.4, 0.5) is 0 Å². The number of rotatable bonds is 1. The number of hydrogen-bond acceptors (Lipinski definition) is 1. The topological polar surface area (TPSA) is 0 Å². The van der Waals surface area contributed by atoms with Gasteiger partial charge >= 0.3 is 0 Å². The van der Waals surface area contributed by atoms with Gasteiger partial charge in [-0.2, -0.15) is 11.1 Å². The molecule has 94 valence electrons. The Labute approximate surface area is 118 Å². The first-order valence-electron chi connectivity index (χ1n) is 6.29. The minimum absolute atomic E-state index is 0.492. The summed E-state index contributed by atoms with van der Waals surface area (Å²) >= 11 is 8.70. The van der Waals surface area contributed by atoms with Gasteiger partial charge in [0.05, 0.1) is 0 Å². The fourth-order valence-electron chi connectivity index (χ4n) is 3.09. The second kappa shape index (κ2) is 3.96. The van der Waals surface area contributed by atoms with Crippen LogP contribution in [-0.4, -0.2) is 7.38 Å². The largest absolute Gasteiger partial charge is 0.167 e. The maximum atomic E-state index is 6.77. The van der Waals surface area contributed by atoms with Crippen molar-refractivity contribution in [3.8, 4) is 0 Å². The van der Waals surface area contributed by atoms with Gasteiger partial charge in [-0.1, -0.05) is 36.9 Å². The van der Waals surface area contributed by atoms with E-state index in [0.29, 0.717) is 5.54 Å². The Morgan fingerprint density at radius 1 is 1.17 bits per heavy atom. The summed E-state index contributed by atoms with van der Waals surface area (Å²) in [7, 11) is -1.72. The Morgan fingerprint density at radius 3 is 2.50 bits per heavy atom. The van der Waals surface area contributed by atoms with Gasteiger partial charge in [-0.05, 0) is 31.1 Å². The van der Waals surface area contributed by atoms with Gasteiger partial charge in [0.15, 0.2) is 7.38 Å². The van der Waals surface area contributed by atoms with Gasteiger partial charge < -0.3 is 0 Å². The van der Waals surface area contributed by atoms with Crippen LogP contribution in [0.5, 0.6) is 0 Å². The van der Waals surface area contributed by atoms with E-state index in [9.17, 15) is 0 Å². The first-order valence-corrected chi connectivity index (χ1v) is 11.2. The number of benzene rings is 1. The van der Waals surface area contributed by atoms with Crippen LogP contribution in [0.3, 0.4) is 0 Å². The molecule has 1 aromatic carbocycles. The molecule has 18 heavy (non-hydrogen) atoms. The van der Waals surface area contributed by atoms with Gasteiger partial charge in [-0.25, -0.2) is 0 Å². The summed E-state index contributed by atoms with van der Waals surface area (Å²) in [6.07, 6.45) is 0. The van der Waals surface area contributed by atoms with E-state index in [2.05, 4.69) is 51.2 Å². The molecule has 1 aliphatic rings. The van der Waals surface area contributed by atoms with Crippen molar-refractivity contribution in [2.24, 2.45) is 0 Å². The van der Waals surface area contributed by atoms with E-state index in [-0.39, 0.29) is 0 Å². The van der Waals surface area contributed by atoms with Crippen molar-refractivity contribution >= 4 is 45.5 Å². The Bertz CT molecular complexity index is 661. The number of fused-ring (bicyclic) bond motifs is 3. The standard InChI is InChI=1S/C15H17ClSSi/c1-9-10(2)15(18(3,4)16)14-13(9)11-7-5-6-8-12(11)17-14/h5-8,15H,1-4H3. The molecule has 0 N–H and O–H groups in total. The third kappa shape index (κ3) is 1.63. The van der Waals surface area contributed by atoms with Crippen molar-refractivity contribution in [2.45, 2.75) is 32.5 Å². The Kier molecular flexibility index (Phi) is 2.74. The fraction of sp³-hybridized carbons (Fsp3) is 0.333. The second-order valence-electron chi connectivity index (χ2n) is 5.64. The molecule has 0 fully saturated rings. The number of halogens is 1. The van der Waals surface area contributed by atoms with Gasteiger partial charge in [0, 0.05) is 20.5 Å². The summed E-state index contributed by atoms with van der Waals surface area (Å²) in [4.78, 5) is 1.51. The van der Waals surface area contributed by atoms with Crippen molar-refractivity contribution in [3.63, 3.8) is 0 Å². The molecule has 1 unspecified atom stereocenters. The van der Waals surface area contributed by atoms with Crippen LogP contribution < -0.4 is 0 Å². The third-order valence-corrected chi connectivity index (χ3v) is 8.17. The predicted octanol–water partition coefficient (Wildman–Crippen LogP) is 5.78. The van der Waals surface area contributed by atoms with Crippen molar-refractivity contribution in [3.05, 3.63) is 40.3 Å². The van der Waals surface area contributed by atoms with Crippen LogP contribution in [0.2, 0.25) is 13.1 Å². The van der Waals surface area contributed by atoms with E-state index in [4.69, 9.17) is 11.1 Å². The van der Waals surface area contributed by atoms with Crippen molar-refractivity contribution < 1.29 is 0 Å². The molecule has 1 aliphatic carbocycles. The van der Waals surface area contributed by atoms with Gasteiger partial charge in [0.2, 0.25) is 0 Å². The molecule has 1 aromatic heterocycles. The molecule has 0 aliphatic heterocycles. The summed E-state index contributed by atoms with van der Waals surface area (Å²) in [5, 5.41) is 1.41. The third-order valence-electron chi connectivity index (χ3n) is 3.97. The number of thiophene rings is 1. The lowest BCUT2D eigenvalue weighted by molar-refractivity contribution is 1.12. The van der Waals surface area contributed by atoms with Crippen LogP contribution in [0.25, 0.3) is 15.7 Å². The molecule has 1 heterocycles. The van der Waals surface area contributed by atoms with Crippen LogP contribution in [0.1, 0.15) is 29.8 Å². The average Bonchev–Trinajstić information content (AvgIpc) is 2.74. The molecule has 0 saturated heterocycles. The number of allylic oxidation sites excluding steroid dienone is 2. The van der Waals surface area contributed by atoms with E-state index in [1.165, 1.54) is 31.7 Å². The quantitative estimate of drug-likeness (QED) is 0.462. The highest BCUT2D eigenvalue weighted by atomic mass is 35.6. The first-order chi connectivity index (χ1) is 8.41. The lowest BCUT2D eigenvalue weighted by Gasteiger charge is -2.23. The molecule has 0 spiro atoms.